The molecule has 2 aromatic carbocycles. The van der Waals surface area contributed by atoms with E-state index in [-0.39, 0.29) is 24.0 Å². The van der Waals surface area contributed by atoms with Crippen molar-refractivity contribution in [3.63, 3.8) is 0 Å². The molecule has 37 heavy (non-hydrogen) atoms. The Morgan fingerprint density at radius 2 is 1.73 bits per heavy atom. The van der Waals surface area contributed by atoms with Crippen LogP contribution in [0.2, 0.25) is 5.02 Å². The number of amides is 2. The molecule has 0 aliphatic carbocycles. The Morgan fingerprint density at radius 1 is 1.11 bits per heavy atom. The van der Waals surface area contributed by atoms with Gasteiger partial charge in [-0.1, -0.05) is 42.8 Å². The molecule has 0 unspecified atom stereocenters. The van der Waals surface area contributed by atoms with Crippen molar-refractivity contribution in [1.82, 2.24) is 10.2 Å². The molecular weight excluding hydrogens is 531 g/mol. The second kappa shape index (κ2) is 12.2. The fourth-order valence-electron chi connectivity index (χ4n) is 3.75. The zero-order valence-corrected chi connectivity index (χ0v) is 22.8. The summed E-state index contributed by atoms with van der Waals surface area (Å²) in [7, 11) is -4.25. The molecule has 0 heterocycles. The molecule has 0 bridgehead atoms. The first-order chi connectivity index (χ1) is 17.1. The average molecular weight is 562 g/mol. The first-order valence-corrected chi connectivity index (χ1v) is 13.8. The molecule has 0 saturated heterocycles. The fraction of sp³-hybridized carbons (Fsp3) is 0.440. The number of rotatable bonds is 10. The lowest BCUT2D eigenvalue weighted by Crippen LogP contribution is -2.53. The van der Waals surface area contributed by atoms with Crippen LogP contribution in [0.5, 0.6) is 0 Å². The van der Waals surface area contributed by atoms with Gasteiger partial charge in [0.05, 0.1) is 22.5 Å². The monoisotopic (exact) mass is 561 g/mol. The van der Waals surface area contributed by atoms with Crippen LogP contribution in [-0.4, -0.2) is 50.0 Å². The summed E-state index contributed by atoms with van der Waals surface area (Å²) in [6, 6.07) is 8.27. The Balaban J connectivity index is 2.56. The maximum Gasteiger partial charge on any atom is 0.416 e. The number of hydrogen-bond donors (Lipinski definition) is 1. The van der Waals surface area contributed by atoms with Crippen LogP contribution in [0, 0.1) is 6.92 Å². The predicted molar refractivity (Wildman–Crippen MR) is 138 cm³/mol. The molecule has 0 aliphatic heterocycles. The molecule has 0 aromatic heterocycles. The number of hydrogen-bond acceptors (Lipinski definition) is 4. The minimum absolute atomic E-state index is 0.0105. The first-order valence-electron chi connectivity index (χ1n) is 11.5. The molecule has 1 N–H and O–H groups in total. The lowest BCUT2D eigenvalue weighted by atomic mass is 10.1. The van der Waals surface area contributed by atoms with Gasteiger partial charge < -0.3 is 10.2 Å². The second-order valence-corrected chi connectivity index (χ2v) is 11.3. The van der Waals surface area contributed by atoms with E-state index in [0.29, 0.717) is 10.4 Å². The third kappa shape index (κ3) is 8.10. The van der Waals surface area contributed by atoms with Crippen molar-refractivity contribution in [1.29, 1.82) is 0 Å². The van der Waals surface area contributed by atoms with E-state index in [1.807, 2.05) is 19.1 Å². The number of carbonyl (C=O) groups excluding carboxylic acids is 2. The van der Waals surface area contributed by atoms with Crippen LogP contribution in [0.3, 0.4) is 0 Å². The van der Waals surface area contributed by atoms with Gasteiger partial charge >= 0.3 is 6.18 Å². The third-order valence-corrected chi connectivity index (χ3v) is 7.09. The van der Waals surface area contributed by atoms with E-state index < -0.39 is 51.9 Å². The van der Waals surface area contributed by atoms with Crippen LogP contribution in [0.15, 0.2) is 42.5 Å². The number of benzene rings is 2. The van der Waals surface area contributed by atoms with Crippen molar-refractivity contribution in [3.8, 4) is 0 Å². The summed E-state index contributed by atoms with van der Waals surface area (Å²) < 4.78 is 65.9. The quantitative estimate of drug-likeness (QED) is 0.453. The number of anilines is 1. The van der Waals surface area contributed by atoms with E-state index in [1.54, 1.807) is 32.9 Å². The van der Waals surface area contributed by atoms with Gasteiger partial charge in [0.25, 0.3) is 0 Å². The number of aryl methyl sites for hydroxylation is 1. The van der Waals surface area contributed by atoms with E-state index in [1.165, 1.54) is 4.90 Å². The van der Waals surface area contributed by atoms with Crippen molar-refractivity contribution in [3.05, 3.63) is 64.2 Å². The number of nitrogens with zero attached hydrogens (tertiary/aromatic N) is 2. The lowest BCUT2D eigenvalue weighted by Gasteiger charge is -2.33. The van der Waals surface area contributed by atoms with Crippen molar-refractivity contribution in [2.75, 3.05) is 17.1 Å². The van der Waals surface area contributed by atoms with Gasteiger partial charge in [0, 0.05) is 12.6 Å². The zero-order valence-electron chi connectivity index (χ0n) is 21.3. The van der Waals surface area contributed by atoms with E-state index in [4.69, 9.17) is 11.6 Å². The van der Waals surface area contributed by atoms with Crippen molar-refractivity contribution in [2.45, 2.75) is 58.9 Å². The molecule has 204 valence electrons. The summed E-state index contributed by atoms with van der Waals surface area (Å²) in [5.41, 5.74) is -0.0228. The summed E-state index contributed by atoms with van der Waals surface area (Å²) in [5, 5.41) is 2.49. The largest absolute Gasteiger partial charge is 0.416 e. The molecule has 0 fully saturated rings. The molecule has 12 heteroatoms. The summed E-state index contributed by atoms with van der Waals surface area (Å²) in [4.78, 5) is 27.9. The highest BCUT2D eigenvalue weighted by molar-refractivity contribution is 7.92. The number of halogens is 4. The average Bonchev–Trinajstić information content (AvgIpc) is 2.77. The highest BCUT2D eigenvalue weighted by Gasteiger charge is 2.35. The number of nitrogens with one attached hydrogen (secondary N) is 1. The Hall–Kier alpha value is -2.79. The number of carbonyl (C=O) groups is 2. The highest BCUT2D eigenvalue weighted by Crippen LogP contribution is 2.36. The van der Waals surface area contributed by atoms with Gasteiger partial charge in [-0.15, -0.1) is 0 Å². The summed E-state index contributed by atoms with van der Waals surface area (Å²) in [5.74, 6) is -1.20. The Bertz CT molecular complexity index is 1240. The SMILES string of the molecule is CC[C@@H](C(=O)NC(C)C)N(Cc1ccccc1C)C(=O)CN(c1cc(C(F)(F)F)ccc1Cl)S(C)(=O)=O. The maximum atomic E-state index is 13.6. The molecule has 1 atom stereocenters. The second-order valence-electron chi connectivity index (χ2n) is 8.97. The van der Waals surface area contributed by atoms with Gasteiger partial charge in [0.2, 0.25) is 21.8 Å². The number of alkyl halides is 3. The molecular formula is C25H31ClF3N3O4S. The molecule has 0 saturated carbocycles. The molecule has 0 aliphatic rings. The summed E-state index contributed by atoms with van der Waals surface area (Å²) in [6.45, 7) is 6.21. The van der Waals surface area contributed by atoms with E-state index in [0.717, 1.165) is 29.5 Å². The van der Waals surface area contributed by atoms with Crippen LogP contribution in [0.25, 0.3) is 0 Å². The van der Waals surface area contributed by atoms with Gasteiger partial charge in [-0.2, -0.15) is 13.2 Å². The topological polar surface area (TPSA) is 86.8 Å². The minimum atomic E-state index is -4.76. The zero-order chi connectivity index (χ0) is 28.1. The van der Waals surface area contributed by atoms with Gasteiger partial charge in [-0.25, -0.2) is 8.42 Å². The van der Waals surface area contributed by atoms with Gasteiger partial charge in [0.1, 0.15) is 12.6 Å². The standard InChI is InChI=1S/C25H31ClF3N3O4S/c1-6-21(24(34)30-16(2)3)31(14-18-10-8-7-9-17(18)4)23(33)15-32(37(5,35)36)22-13-19(25(27,28)29)11-12-20(22)26/h7-13,16,21H,6,14-15H2,1-5H3,(H,30,34)/t21-/m0/s1. The summed E-state index contributed by atoms with van der Waals surface area (Å²) >= 11 is 6.10. The van der Waals surface area contributed by atoms with Crippen LogP contribution < -0.4 is 9.62 Å². The van der Waals surface area contributed by atoms with Crippen molar-refractivity contribution < 1.29 is 31.2 Å². The molecule has 7 nitrogen and oxygen atoms in total. The molecule has 0 spiro atoms. The van der Waals surface area contributed by atoms with Crippen LogP contribution in [0.1, 0.15) is 43.9 Å². The van der Waals surface area contributed by atoms with Gasteiger partial charge in [-0.3, -0.25) is 13.9 Å². The highest BCUT2D eigenvalue weighted by atomic mass is 35.5. The maximum absolute atomic E-state index is 13.6. The Labute approximate surface area is 220 Å². The van der Waals surface area contributed by atoms with Gasteiger partial charge in [0.15, 0.2) is 0 Å². The van der Waals surface area contributed by atoms with E-state index in [9.17, 15) is 31.2 Å². The third-order valence-electron chi connectivity index (χ3n) is 5.64. The molecule has 2 rings (SSSR count). The first kappa shape index (κ1) is 30.4. The lowest BCUT2D eigenvalue weighted by molar-refractivity contribution is -0.140. The fourth-order valence-corrected chi connectivity index (χ4v) is 4.87. The molecule has 2 amide bonds. The smallest absolute Gasteiger partial charge is 0.352 e. The predicted octanol–water partition coefficient (Wildman–Crippen LogP) is 4.77. The Kier molecular flexibility index (Phi) is 10.0. The van der Waals surface area contributed by atoms with Crippen LogP contribution in [0.4, 0.5) is 18.9 Å². The normalized spacial score (nSPS) is 12.8. The van der Waals surface area contributed by atoms with E-state index >= 15 is 0 Å². The summed E-state index contributed by atoms with van der Waals surface area (Å²) in [6.07, 6.45) is -3.77. The minimum Gasteiger partial charge on any atom is -0.352 e. The Morgan fingerprint density at radius 3 is 2.24 bits per heavy atom. The van der Waals surface area contributed by atoms with Gasteiger partial charge in [-0.05, 0) is 56.5 Å². The van der Waals surface area contributed by atoms with Crippen molar-refractivity contribution >= 4 is 39.1 Å². The van der Waals surface area contributed by atoms with Crippen LogP contribution >= 0.6 is 11.6 Å². The number of sulfonamides is 1. The van der Waals surface area contributed by atoms with Crippen LogP contribution in [-0.2, 0) is 32.3 Å². The van der Waals surface area contributed by atoms with Crippen molar-refractivity contribution in [2.24, 2.45) is 0 Å². The molecule has 0 radical (unpaired) electrons. The van der Waals surface area contributed by atoms with E-state index in [2.05, 4.69) is 5.32 Å². The molecule has 2 aromatic rings.